The number of nitrogens with two attached hydrogens (primary N) is 1. The molecule has 1 aliphatic rings. The quantitative estimate of drug-likeness (QED) is 0.240. The topological polar surface area (TPSA) is 155 Å². The highest BCUT2D eigenvalue weighted by atomic mass is 16.5. The maximum Gasteiger partial charge on any atom is 0.336 e. The van der Waals surface area contributed by atoms with E-state index in [2.05, 4.69) is 0 Å². The first-order chi connectivity index (χ1) is 16.1. The van der Waals surface area contributed by atoms with Gasteiger partial charge in [-0.1, -0.05) is 6.07 Å². The Morgan fingerprint density at radius 1 is 1.21 bits per heavy atom. The highest BCUT2D eigenvalue weighted by molar-refractivity contribution is 6.09. The van der Waals surface area contributed by atoms with Crippen molar-refractivity contribution in [3.8, 4) is 23.0 Å². The van der Waals surface area contributed by atoms with Gasteiger partial charge >= 0.3 is 11.6 Å². The number of phenols is 1. The number of ketones is 1. The van der Waals surface area contributed by atoms with Crippen LogP contribution in [0, 0.1) is 6.92 Å². The molecule has 10 heteroatoms. The molecule has 0 saturated heterocycles. The Labute approximate surface area is 192 Å². The molecule has 4 rings (SSSR count). The van der Waals surface area contributed by atoms with Gasteiger partial charge in [0, 0.05) is 17.5 Å². The second kappa shape index (κ2) is 8.54. The van der Waals surface area contributed by atoms with E-state index >= 15 is 0 Å². The molecule has 0 aliphatic carbocycles. The fraction of sp³-hybridized carbons (Fsp3) is 0.250. The van der Waals surface area contributed by atoms with E-state index in [9.17, 15) is 24.3 Å². The minimum Gasteiger partial charge on any atom is -0.506 e. The third-order valence-electron chi connectivity index (χ3n) is 5.60. The van der Waals surface area contributed by atoms with Crippen LogP contribution in [0.25, 0.3) is 11.0 Å². The standard InChI is InChI=1S/C24H21NO9/c1-10-6-17(28)33-23-19(10)22(30)20(11(2)26)24-21(23)13(8-18(29)34-24)12-4-5-14(15(7-12)31-3)32-9-16(25)27/h4-7,13,30H,8-9H2,1-3H3,(H2,25,27)/t13-/m1/s1. The average molecular weight is 467 g/mol. The number of aryl methyl sites for hydroxylation is 1. The summed E-state index contributed by atoms with van der Waals surface area (Å²) >= 11 is 0. The fourth-order valence-corrected chi connectivity index (χ4v) is 4.19. The van der Waals surface area contributed by atoms with Gasteiger partial charge in [0.15, 0.2) is 29.6 Å². The number of esters is 1. The second-order valence-corrected chi connectivity index (χ2v) is 7.87. The molecule has 1 atom stereocenters. The minimum atomic E-state index is -0.707. The molecule has 176 valence electrons. The summed E-state index contributed by atoms with van der Waals surface area (Å²) < 4.78 is 21.6. The van der Waals surface area contributed by atoms with Gasteiger partial charge in [-0.25, -0.2) is 4.79 Å². The maximum absolute atomic E-state index is 12.5. The van der Waals surface area contributed by atoms with Gasteiger partial charge in [0.25, 0.3) is 5.91 Å². The third kappa shape index (κ3) is 3.83. The summed E-state index contributed by atoms with van der Waals surface area (Å²) in [5.74, 6) is -2.59. The zero-order valence-corrected chi connectivity index (χ0v) is 18.6. The summed E-state index contributed by atoms with van der Waals surface area (Å²) in [7, 11) is 1.41. The van der Waals surface area contributed by atoms with E-state index in [1.165, 1.54) is 20.1 Å². The summed E-state index contributed by atoms with van der Waals surface area (Å²) in [4.78, 5) is 48.3. The number of methoxy groups -OCH3 is 1. The van der Waals surface area contributed by atoms with Crippen LogP contribution in [0.15, 0.2) is 33.5 Å². The number of carbonyl (C=O) groups excluding carboxylic acids is 3. The van der Waals surface area contributed by atoms with Gasteiger partial charge in [-0.2, -0.15) is 0 Å². The monoisotopic (exact) mass is 467 g/mol. The Kier molecular flexibility index (Phi) is 5.74. The number of carbonyl (C=O) groups is 3. The number of Topliss-reactive ketones (excluding diaryl/α,β-unsaturated/α-hetero) is 1. The molecule has 3 N–H and O–H groups in total. The van der Waals surface area contributed by atoms with Gasteiger partial charge in [0.2, 0.25) is 0 Å². The van der Waals surface area contributed by atoms with E-state index in [1.54, 1.807) is 25.1 Å². The lowest BCUT2D eigenvalue weighted by molar-refractivity contribution is -0.135. The molecule has 2 heterocycles. The number of fused-ring (bicyclic) bond motifs is 3. The number of amides is 1. The third-order valence-corrected chi connectivity index (χ3v) is 5.60. The first-order valence-electron chi connectivity index (χ1n) is 10.3. The van der Waals surface area contributed by atoms with Crippen molar-refractivity contribution >= 4 is 28.6 Å². The van der Waals surface area contributed by atoms with E-state index < -0.39 is 35.0 Å². The van der Waals surface area contributed by atoms with Crippen LogP contribution in [0.1, 0.15) is 46.3 Å². The Balaban J connectivity index is 2.01. The lowest BCUT2D eigenvalue weighted by atomic mass is 9.82. The van der Waals surface area contributed by atoms with E-state index in [0.717, 1.165) is 0 Å². The van der Waals surface area contributed by atoms with Gasteiger partial charge in [-0.15, -0.1) is 0 Å². The van der Waals surface area contributed by atoms with Gasteiger partial charge in [0.1, 0.15) is 16.9 Å². The zero-order valence-electron chi connectivity index (χ0n) is 18.6. The van der Waals surface area contributed by atoms with E-state index in [0.29, 0.717) is 11.1 Å². The first kappa shape index (κ1) is 22.8. The highest BCUT2D eigenvalue weighted by Gasteiger charge is 2.37. The number of rotatable bonds is 6. The number of hydrogen-bond acceptors (Lipinski definition) is 9. The zero-order chi connectivity index (χ0) is 24.7. The van der Waals surface area contributed by atoms with Crippen molar-refractivity contribution in [3.05, 3.63) is 56.9 Å². The molecule has 0 fully saturated rings. The molecular weight excluding hydrogens is 446 g/mol. The number of benzene rings is 2. The number of phenolic OH excluding ortho intramolecular Hbond substituents is 1. The Hall–Kier alpha value is -4.34. The molecule has 2 aromatic carbocycles. The lowest BCUT2D eigenvalue weighted by Crippen LogP contribution is -2.24. The summed E-state index contributed by atoms with van der Waals surface area (Å²) in [6.45, 7) is 2.48. The van der Waals surface area contributed by atoms with E-state index in [1.807, 2.05) is 0 Å². The lowest BCUT2D eigenvalue weighted by Gasteiger charge is -2.28. The number of hydrogen-bond donors (Lipinski definition) is 2. The summed E-state index contributed by atoms with van der Waals surface area (Å²) in [5.41, 5.74) is 5.57. The predicted molar refractivity (Wildman–Crippen MR) is 119 cm³/mol. The molecule has 0 saturated carbocycles. The molecule has 1 aliphatic heterocycles. The van der Waals surface area contributed by atoms with Crippen molar-refractivity contribution in [3.63, 3.8) is 0 Å². The fourth-order valence-electron chi connectivity index (χ4n) is 4.19. The molecule has 1 aromatic heterocycles. The number of aromatic hydroxyl groups is 1. The van der Waals surface area contributed by atoms with E-state index in [-0.39, 0.29) is 52.4 Å². The predicted octanol–water partition coefficient (Wildman–Crippen LogP) is 2.32. The number of ether oxygens (including phenoxy) is 3. The van der Waals surface area contributed by atoms with E-state index in [4.69, 9.17) is 24.4 Å². The summed E-state index contributed by atoms with van der Waals surface area (Å²) in [6, 6.07) is 6.00. The number of primary amides is 1. The molecule has 0 bridgehead atoms. The second-order valence-electron chi connectivity index (χ2n) is 7.87. The van der Waals surface area contributed by atoms with Crippen molar-refractivity contribution in [1.82, 2.24) is 0 Å². The summed E-state index contributed by atoms with van der Waals surface area (Å²) in [5, 5.41) is 11.0. The van der Waals surface area contributed by atoms with Crippen molar-refractivity contribution in [2.75, 3.05) is 13.7 Å². The van der Waals surface area contributed by atoms with Gasteiger partial charge < -0.3 is 29.5 Å². The molecule has 34 heavy (non-hydrogen) atoms. The molecule has 0 radical (unpaired) electrons. The molecular formula is C24H21NO9. The molecule has 0 unspecified atom stereocenters. The van der Waals surface area contributed by atoms with Gasteiger partial charge in [-0.05, 0) is 37.1 Å². The van der Waals surface area contributed by atoms with Crippen LogP contribution in [0.4, 0.5) is 0 Å². The largest absolute Gasteiger partial charge is 0.506 e. The van der Waals surface area contributed by atoms with Crippen LogP contribution < -0.4 is 25.6 Å². The van der Waals surface area contributed by atoms with Gasteiger partial charge in [0.05, 0.1) is 18.9 Å². The van der Waals surface area contributed by atoms with Crippen LogP contribution >= 0.6 is 0 Å². The van der Waals surface area contributed by atoms with Crippen LogP contribution in [-0.2, 0) is 9.59 Å². The summed E-state index contributed by atoms with van der Waals surface area (Å²) in [6.07, 6.45) is -0.132. The van der Waals surface area contributed by atoms with Crippen molar-refractivity contribution < 1.29 is 38.1 Å². The maximum atomic E-state index is 12.5. The highest BCUT2D eigenvalue weighted by Crippen LogP contribution is 2.50. The molecule has 10 nitrogen and oxygen atoms in total. The minimum absolute atomic E-state index is 0.0213. The van der Waals surface area contributed by atoms with Crippen LogP contribution in [0.3, 0.4) is 0 Å². The normalized spacial score (nSPS) is 14.9. The van der Waals surface area contributed by atoms with Crippen molar-refractivity contribution in [1.29, 1.82) is 0 Å². The van der Waals surface area contributed by atoms with Crippen LogP contribution in [0.5, 0.6) is 23.0 Å². The van der Waals surface area contributed by atoms with Crippen molar-refractivity contribution in [2.24, 2.45) is 5.73 Å². The first-order valence-corrected chi connectivity index (χ1v) is 10.3. The Bertz CT molecular complexity index is 1420. The van der Waals surface area contributed by atoms with Crippen LogP contribution in [-0.4, -0.2) is 36.5 Å². The van der Waals surface area contributed by atoms with Crippen molar-refractivity contribution in [2.45, 2.75) is 26.2 Å². The Morgan fingerprint density at radius 2 is 1.94 bits per heavy atom. The van der Waals surface area contributed by atoms with Gasteiger partial charge in [-0.3, -0.25) is 14.4 Å². The molecule has 1 amide bonds. The smallest absolute Gasteiger partial charge is 0.336 e. The molecule has 0 spiro atoms. The molecule has 3 aromatic rings. The SMILES string of the molecule is COc1cc([C@H]2CC(=O)Oc3c(C(C)=O)c(O)c4c(C)cc(=O)oc4c32)ccc1OCC(N)=O. The Morgan fingerprint density at radius 3 is 2.59 bits per heavy atom. The van der Waals surface area contributed by atoms with Crippen LogP contribution in [0.2, 0.25) is 0 Å². The average Bonchev–Trinajstić information content (AvgIpc) is 2.76.